The van der Waals surface area contributed by atoms with Gasteiger partial charge in [-0.2, -0.15) is 0 Å². The lowest BCUT2D eigenvalue weighted by Crippen LogP contribution is -2.16. The van der Waals surface area contributed by atoms with Crippen LogP contribution in [-0.2, 0) is 4.74 Å². The normalized spacial score (nSPS) is 10.3. The molecular weight excluding hydrogens is 301 g/mol. The van der Waals surface area contributed by atoms with Crippen molar-refractivity contribution in [2.45, 2.75) is 6.92 Å². The van der Waals surface area contributed by atoms with Gasteiger partial charge in [-0.1, -0.05) is 29.3 Å². The van der Waals surface area contributed by atoms with Gasteiger partial charge in [-0.25, -0.2) is 4.79 Å². The SMILES string of the molecule is CCOC(=O)c1ccc(-c2ccc(Cl)c(Cl)c2)c(=O)[nH]1. The van der Waals surface area contributed by atoms with Crippen LogP contribution in [0.25, 0.3) is 11.1 Å². The lowest BCUT2D eigenvalue weighted by atomic mass is 10.1. The molecule has 0 fully saturated rings. The smallest absolute Gasteiger partial charge is 0.354 e. The van der Waals surface area contributed by atoms with Crippen molar-refractivity contribution in [1.82, 2.24) is 4.98 Å². The number of pyridine rings is 1. The fourth-order valence-corrected chi connectivity index (χ4v) is 1.99. The van der Waals surface area contributed by atoms with Crippen molar-refractivity contribution in [2.75, 3.05) is 6.61 Å². The fourth-order valence-electron chi connectivity index (χ4n) is 1.69. The largest absolute Gasteiger partial charge is 0.461 e. The molecule has 0 unspecified atom stereocenters. The van der Waals surface area contributed by atoms with E-state index in [0.29, 0.717) is 21.2 Å². The van der Waals surface area contributed by atoms with Crippen molar-refractivity contribution in [1.29, 1.82) is 0 Å². The maximum absolute atomic E-state index is 12.0. The van der Waals surface area contributed by atoms with E-state index in [1.54, 1.807) is 31.2 Å². The van der Waals surface area contributed by atoms with Crippen LogP contribution in [0.1, 0.15) is 17.4 Å². The van der Waals surface area contributed by atoms with Crippen molar-refractivity contribution in [3.8, 4) is 11.1 Å². The number of hydrogen-bond donors (Lipinski definition) is 1. The van der Waals surface area contributed by atoms with Gasteiger partial charge in [0.05, 0.1) is 16.7 Å². The first-order valence-electron chi connectivity index (χ1n) is 5.88. The summed E-state index contributed by atoms with van der Waals surface area (Å²) in [6, 6.07) is 7.93. The monoisotopic (exact) mass is 311 g/mol. The van der Waals surface area contributed by atoms with E-state index < -0.39 is 11.5 Å². The van der Waals surface area contributed by atoms with Crippen LogP contribution < -0.4 is 5.56 Å². The lowest BCUT2D eigenvalue weighted by Gasteiger charge is -2.05. The Balaban J connectivity index is 2.41. The van der Waals surface area contributed by atoms with Gasteiger partial charge in [0.25, 0.3) is 5.56 Å². The van der Waals surface area contributed by atoms with Gasteiger partial charge in [0, 0.05) is 5.56 Å². The second-order valence-electron chi connectivity index (χ2n) is 3.96. The van der Waals surface area contributed by atoms with Crippen LogP contribution in [0.2, 0.25) is 10.0 Å². The summed E-state index contributed by atoms with van der Waals surface area (Å²) in [5, 5.41) is 0.771. The molecule has 1 aromatic heterocycles. The maximum atomic E-state index is 12.0. The molecule has 0 radical (unpaired) electrons. The van der Waals surface area contributed by atoms with Crippen LogP contribution in [0.15, 0.2) is 35.1 Å². The van der Waals surface area contributed by atoms with E-state index in [1.807, 2.05) is 0 Å². The highest BCUT2D eigenvalue weighted by molar-refractivity contribution is 6.42. The van der Waals surface area contributed by atoms with Gasteiger partial charge in [-0.15, -0.1) is 0 Å². The second kappa shape index (κ2) is 6.11. The highest BCUT2D eigenvalue weighted by Gasteiger charge is 2.11. The second-order valence-corrected chi connectivity index (χ2v) is 4.78. The highest BCUT2D eigenvalue weighted by Crippen LogP contribution is 2.26. The number of hydrogen-bond acceptors (Lipinski definition) is 3. The molecule has 0 saturated carbocycles. The maximum Gasteiger partial charge on any atom is 0.354 e. The standard InChI is InChI=1S/C14H11Cl2NO3/c1-2-20-14(19)12-6-4-9(13(18)17-12)8-3-5-10(15)11(16)7-8/h3-7H,2H2,1H3,(H,17,18). The van der Waals surface area contributed by atoms with E-state index in [9.17, 15) is 9.59 Å². The van der Waals surface area contributed by atoms with E-state index in [0.717, 1.165) is 0 Å². The Morgan fingerprint density at radius 2 is 1.95 bits per heavy atom. The average molecular weight is 312 g/mol. The number of aromatic nitrogens is 1. The van der Waals surface area contributed by atoms with Crippen molar-refractivity contribution in [3.05, 3.63) is 56.4 Å². The molecule has 20 heavy (non-hydrogen) atoms. The Morgan fingerprint density at radius 3 is 2.55 bits per heavy atom. The van der Waals surface area contributed by atoms with E-state index in [4.69, 9.17) is 27.9 Å². The summed E-state index contributed by atoms with van der Waals surface area (Å²) in [7, 11) is 0. The predicted octanol–water partition coefficient (Wildman–Crippen LogP) is 3.53. The van der Waals surface area contributed by atoms with Gasteiger partial charge in [-0.3, -0.25) is 4.79 Å². The quantitative estimate of drug-likeness (QED) is 0.882. The molecule has 0 aliphatic heterocycles. The van der Waals surface area contributed by atoms with E-state index >= 15 is 0 Å². The van der Waals surface area contributed by atoms with Gasteiger partial charge in [-0.05, 0) is 36.8 Å². The zero-order chi connectivity index (χ0) is 14.7. The molecule has 0 amide bonds. The molecular formula is C14H11Cl2NO3. The molecule has 1 N–H and O–H groups in total. The zero-order valence-corrected chi connectivity index (χ0v) is 12.1. The third-order valence-corrected chi connectivity index (χ3v) is 3.37. The first-order valence-corrected chi connectivity index (χ1v) is 6.64. The minimum atomic E-state index is -0.565. The van der Waals surface area contributed by atoms with E-state index in [1.165, 1.54) is 6.07 Å². The highest BCUT2D eigenvalue weighted by atomic mass is 35.5. The molecule has 6 heteroatoms. The number of nitrogens with one attached hydrogen (secondary N) is 1. The summed E-state index contributed by atoms with van der Waals surface area (Å²) >= 11 is 11.8. The van der Waals surface area contributed by atoms with Crippen molar-refractivity contribution in [2.24, 2.45) is 0 Å². The zero-order valence-electron chi connectivity index (χ0n) is 10.6. The number of benzene rings is 1. The number of carbonyl (C=O) groups is 1. The van der Waals surface area contributed by atoms with Gasteiger partial charge in [0.2, 0.25) is 0 Å². The first kappa shape index (κ1) is 14.6. The van der Waals surface area contributed by atoms with Crippen LogP contribution in [0.3, 0.4) is 0 Å². The van der Waals surface area contributed by atoms with E-state index in [2.05, 4.69) is 4.98 Å². The first-order chi connectivity index (χ1) is 9.52. The molecule has 1 aromatic carbocycles. The number of halogens is 2. The number of H-pyrrole nitrogens is 1. The lowest BCUT2D eigenvalue weighted by molar-refractivity contribution is 0.0519. The van der Waals surface area contributed by atoms with Crippen molar-refractivity contribution < 1.29 is 9.53 Å². The summed E-state index contributed by atoms with van der Waals surface area (Å²) in [4.78, 5) is 26.0. The fraction of sp³-hybridized carbons (Fsp3) is 0.143. The third kappa shape index (κ3) is 3.03. The molecule has 0 saturated heterocycles. The molecule has 0 aliphatic rings. The van der Waals surface area contributed by atoms with Gasteiger partial charge >= 0.3 is 5.97 Å². The number of ether oxygens (including phenoxy) is 1. The number of carbonyl (C=O) groups excluding carboxylic acids is 1. The van der Waals surface area contributed by atoms with Crippen molar-refractivity contribution in [3.63, 3.8) is 0 Å². The molecule has 104 valence electrons. The molecule has 0 aliphatic carbocycles. The minimum Gasteiger partial charge on any atom is -0.461 e. The van der Waals surface area contributed by atoms with Gasteiger partial charge in [0.1, 0.15) is 5.69 Å². The van der Waals surface area contributed by atoms with Gasteiger partial charge in [0.15, 0.2) is 0 Å². The Morgan fingerprint density at radius 1 is 1.20 bits per heavy atom. The molecule has 2 rings (SSSR count). The van der Waals surface area contributed by atoms with Crippen LogP contribution >= 0.6 is 23.2 Å². The topological polar surface area (TPSA) is 59.2 Å². The molecule has 0 bridgehead atoms. The van der Waals surface area contributed by atoms with Crippen LogP contribution in [0, 0.1) is 0 Å². The predicted molar refractivity (Wildman–Crippen MR) is 78.5 cm³/mol. The van der Waals surface area contributed by atoms with Crippen molar-refractivity contribution >= 4 is 29.2 Å². The summed E-state index contributed by atoms with van der Waals surface area (Å²) in [6.45, 7) is 1.94. The number of aromatic amines is 1. The summed E-state index contributed by atoms with van der Waals surface area (Å²) in [6.07, 6.45) is 0. The Hall–Kier alpha value is -1.78. The van der Waals surface area contributed by atoms with Gasteiger partial charge < -0.3 is 9.72 Å². The Labute approximate surface area is 125 Å². The summed E-state index contributed by atoms with van der Waals surface area (Å²) < 4.78 is 4.82. The van der Waals surface area contributed by atoms with Crippen LogP contribution in [-0.4, -0.2) is 17.6 Å². The van der Waals surface area contributed by atoms with Crippen LogP contribution in [0.4, 0.5) is 0 Å². The molecule has 4 nitrogen and oxygen atoms in total. The molecule has 1 heterocycles. The molecule has 0 atom stereocenters. The summed E-state index contributed by atoms with van der Waals surface area (Å²) in [5.41, 5.74) is 0.738. The average Bonchev–Trinajstić information content (AvgIpc) is 2.42. The number of esters is 1. The number of rotatable bonds is 3. The molecule has 2 aromatic rings. The van der Waals surface area contributed by atoms with E-state index in [-0.39, 0.29) is 12.3 Å². The molecule has 0 spiro atoms. The van der Waals surface area contributed by atoms with Crippen LogP contribution in [0.5, 0.6) is 0 Å². The summed E-state index contributed by atoms with van der Waals surface area (Å²) in [5.74, 6) is -0.565. The third-order valence-electron chi connectivity index (χ3n) is 2.64. The Kier molecular flexibility index (Phi) is 4.47. The Bertz CT molecular complexity index is 710. The minimum absolute atomic E-state index is 0.112.